The van der Waals surface area contributed by atoms with Gasteiger partial charge in [0, 0.05) is 27.5 Å². The first-order valence-corrected chi connectivity index (χ1v) is 12.2. The van der Waals surface area contributed by atoms with Crippen LogP contribution in [0.1, 0.15) is 5.82 Å². The van der Waals surface area contributed by atoms with Gasteiger partial charge in [0.25, 0.3) is 5.56 Å². The van der Waals surface area contributed by atoms with E-state index < -0.39 is 6.10 Å². The van der Waals surface area contributed by atoms with Gasteiger partial charge in [-0.25, -0.2) is 9.55 Å². The zero-order chi connectivity index (χ0) is 22.0. The smallest absolute Gasteiger partial charge is 0.267 e. The summed E-state index contributed by atoms with van der Waals surface area (Å²) in [5.41, 5.74) is 1.29. The number of rotatable bonds is 7. The van der Waals surface area contributed by atoms with Gasteiger partial charge in [0.15, 0.2) is 4.34 Å². The average molecular weight is 539 g/mol. The lowest BCUT2D eigenvalue weighted by Crippen LogP contribution is -2.22. The second kappa shape index (κ2) is 9.66. The Morgan fingerprint density at radius 2 is 2.13 bits per heavy atom. The molecular weight excluding hydrogens is 522 g/mol. The predicted octanol–water partition coefficient (Wildman–Crippen LogP) is 4.53. The number of hydrogen-bond acceptors (Lipinski definition) is 8. The molecule has 0 amide bonds. The molecule has 31 heavy (non-hydrogen) atoms. The van der Waals surface area contributed by atoms with Gasteiger partial charge < -0.3 is 10.4 Å². The van der Waals surface area contributed by atoms with Gasteiger partial charge in [0.2, 0.25) is 5.13 Å². The molecule has 4 aromatic rings. The maximum atomic E-state index is 13.0. The van der Waals surface area contributed by atoms with Gasteiger partial charge in [-0.1, -0.05) is 56.7 Å². The number of aliphatic hydroxyl groups excluding tert-OH is 1. The predicted molar refractivity (Wildman–Crippen MR) is 130 cm³/mol. The number of benzene rings is 2. The Balaban J connectivity index is 1.44. The first-order chi connectivity index (χ1) is 14.9. The lowest BCUT2D eigenvalue weighted by molar-refractivity contribution is 0.213. The summed E-state index contributed by atoms with van der Waals surface area (Å²) in [5, 5.41) is 23.3. The lowest BCUT2D eigenvalue weighted by atomic mass is 10.2. The van der Waals surface area contributed by atoms with Crippen molar-refractivity contribution in [3.63, 3.8) is 0 Å². The van der Waals surface area contributed by atoms with E-state index >= 15 is 0 Å². The minimum Gasteiger partial charge on any atom is -0.390 e. The van der Waals surface area contributed by atoms with Crippen molar-refractivity contribution in [2.75, 3.05) is 17.6 Å². The summed E-state index contributed by atoms with van der Waals surface area (Å²) < 4.78 is 2.94. The van der Waals surface area contributed by atoms with Crippen molar-refractivity contribution in [2.45, 2.75) is 17.4 Å². The van der Waals surface area contributed by atoms with Gasteiger partial charge in [0.05, 0.1) is 17.0 Å². The summed E-state index contributed by atoms with van der Waals surface area (Å²) in [4.78, 5) is 17.5. The highest BCUT2D eigenvalue weighted by molar-refractivity contribution is 9.10. The van der Waals surface area contributed by atoms with E-state index in [9.17, 15) is 9.90 Å². The zero-order valence-electron chi connectivity index (χ0n) is 16.2. The standard InChI is InChI=1S/C20H17BrClN5O2S2/c1-11-24-17-6-5-12(21)7-16(17)18(29)27(11)19-25-26-20(31-19)30-10-15(28)9-23-14-4-2-3-13(22)8-14/h2-8,15,23,28H,9-10H2,1H3. The number of anilines is 1. The van der Waals surface area contributed by atoms with Crippen LogP contribution in [-0.4, -0.2) is 43.3 Å². The van der Waals surface area contributed by atoms with E-state index in [1.165, 1.54) is 27.7 Å². The molecule has 2 aromatic heterocycles. The van der Waals surface area contributed by atoms with E-state index in [0.717, 1.165) is 10.2 Å². The Morgan fingerprint density at radius 3 is 2.94 bits per heavy atom. The molecule has 0 saturated carbocycles. The minimum absolute atomic E-state index is 0.192. The maximum Gasteiger partial charge on any atom is 0.267 e. The number of aromatic nitrogens is 4. The Labute approximate surface area is 199 Å². The van der Waals surface area contributed by atoms with Crippen LogP contribution >= 0.6 is 50.6 Å². The molecule has 0 bridgehead atoms. The van der Waals surface area contributed by atoms with E-state index in [1.54, 1.807) is 31.2 Å². The fourth-order valence-electron chi connectivity index (χ4n) is 2.91. The van der Waals surface area contributed by atoms with Crippen LogP contribution in [0.4, 0.5) is 5.69 Å². The first-order valence-electron chi connectivity index (χ1n) is 9.24. The third kappa shape index (κ3) is 5.27. The van der Waals surface area contributed by atoms with E-state index in [0.29, 0.717) is 43.5 Å². The van der Waals surface area contributed by atoms with Crippen LogP contribution in [-0.2, 0) is 0 Å². The molecule has 0 saturated heterocycles. The molecule has 0 aliphatic rings. The number of aryl methyl sites for hydroxylation is 1. The van der Waals surface area contributed by atoms with Gasteiger partial charge in [-0.2, -0.15) is 0 Å². The fraction of sp³-hybridized carbons (Fsp3) is 0.200. The maximum absolute atomic E-state index is 13.0. The molecule has 0 aliphatic heterocycles. The molecule has 2 aromatic carbocycles. The normalized spacial score (nSPS) is 12.3. The average Bonchev–Trinajstić information content (AvgIpc) is 3.20. The van der Waals surface area contributed by atoms with Gasteiger partial charge in [0.1, 0.15) is 5.82 Å². The zero-order valence-corrected chi connectivity index (χ0v) is 20.2. The molecule has 2 heterocycles. The molecule has 0 radical (unpaired) electrons. The van der Waals surface area contributed by atoms with Crippen molar-refractivity contribution >= 4 is 67.2 Å². The Morgan fingerprint density at radius 1 is 1.29 bits per heavy atom. The van der Waals surface area contributed by atoms with E-state index in [4.69, 9.17) is 11.6 Å². The summed E-state index contributed by atoms with van der Waals surface area (Å²) in [7, 11) is 0. The van der Waals surface area contributed by atoms with Crippen LogP contribution in [0.15, 0.2) is 56.1 Å². The SMILES string of the molecule is Cc1nc2ccc(Br)cc2c(=O)n1-c1nnc(SCC(O)CNc2cccc(Cl)c2)s1. The fourth-order valence-corrected chi connectivity index (χ4v) is 5.30. The molecule has 0 fully saturated rings. The van der Waals surface area contributed by atoms with E-state index in [-0.39, 0.29) is 5.56 Å². The lowest BCUT2D eigenvalue weighted by Gasteiger charge is -2.11. The van der Waals surface area contributed by atoms with Crippen molar-refractivity contribution < 1.29 is 5.11 Å². The van der Waals surface area contributed by atoms with E-state index in [2.05, 4.69) is 36.4 Å². The monoisotopic (exact) mass is 537 g/mol. The highest BCUT2D eigenvalue weighted by atomic mass is 79.9. The molecule has 0 spiro atoms. The molecule has 2 N–H and O–H groups in total. The molecule has 1 atom stereocenters. The summed E-state index contributed by atoms with van der Waals surface area (Å²) in [6.07, 6.45) is -0.597. The van der Waals surface area contributed by atoms with Crippen molar-refractivity contribution in [2.24, 2.45) is 0 Å². The Hall–Kier alpha value is -1.98. The molecule has 7 nitrogen and oxygen atoms in total. The van der Waals surface area contributed by atoms with Crippen LogP contribution in [0.3, 0.4) is 0 Å². The van der Waals surface area contributed by atoms with Crippen molar-refractivity contribution in [1.29, 1.82) is 0 Å². The molecule has 0 aliphatic carbocycles. The number of nitrogens with zero attached hydrogens (tertiary/aromatic N) is 4. The van der Waals surface area contributed by atoms with Crippen molar-refractivity contribution in [3.05, 3.63) is 68.1 Å². The molecular formula is C20H17BrClN5O2S2. The molecule has 11 heteroatoms. The number of halogens is 2. The number of fused-ring (bicyclic) bond motifs is 1. The van der Waals surface area contributed by atoms with E-state index in [1.807, 2.05) is 18.2 Å². The number of hydrogen-bond donors (Lipinski definition) is 2. The summed E-state index contributed by atoms with van der Waals surface area (Å²) in [6, 6.07) is 12.7. The molecule has 160 valence electrons. The third-order valence-corrected chi connectivity index (χ3v) is 7.27. The van der Waals surface area contributed by atoms with Crippen LogP contribution in [0.25, 0.3) is 16.0 Å². The third-order valence-electron chi connectivity index (χ3n) is 4.35. The van der Waals surface area contributed by atoms with Crippen molar-refractivity contribution in [1.82, 2.24) is 19.7 Å². The highest BCUT2D eigenvalue weighted by Crippen LogP contribution is 2.26. The molecule has 4 rings (SSSR count). The summed E-state index contributed by atoms with van der Waals surface area (Å²) in [6.45, 7) is 2.14. The summed E-state index contributed by atoms with van der Waals surface area (Å²) >= 11 is 12.0. The highest BCUT2D eigenvalue weighted by Gasteiger charge is 2.15. The minimum atomic E-state index is -0.597. The Bertz CT molecular complexity index is 1300. The number of thioether (sulfide) groups is 1. The van der Waals surface area contributed by atoms with Crippen LogP contribution in [0.5, 0.6) is 0 Å². The second-order valence-corrected chi connectivity index (χ2v) is 10.2. The van der Waals surface area contributed by atoms with Gasteiger partial charge in [-0.3, -0.25) is 4.79 Å². The second-order valence-electron chi connectivity index (χ2n) is 6.67. The quantitative estimate of drug-likeness (QED) is 0.334. The summed E-state index contributed by atoms with van der Waals surface area (Å²) in [5.74, 6) is 0.970. The largest absolute Gasteiger partial charge is 0.390 e. The first kappa shape index (κ1) is 22.2. The Kier molecular flexibility index (Phi) is 6.92. The van der Waals surface area contributed by atoms with Crippen LogP contribution in [0, 0.1) is 6.92 Å². The van der Waals surface area contributed by atoms with Gasteiger partial charge >= 0.3 is 0 Å². The van der Waals surface area contributed by atoms with Crippen molar-refractivity contribution in [3.8, 4) is 5.13 Å². The number of aliphatic hydroxyl groups is 1. The number of nitrogens with one attached hydrogen (secondary N) is 1. The molecule has 1 unspecified atom stereocenters. The van der Waals surface area contributed by atoms with Gasteiger partial charge in [-0.05, 0) is 43.3 Å². The van der Waals surface area contributed by atoms with Crippen LogP contribution in [0.2, 0.25) is 5.02 Å². The van der Waals surface area contributed by atoms with Crippen LogP contribution < -0.4 is 10.9 Å². The topological polar surface area (TPSA) is 92.9 Å². The van der Waals surface area contributed by atoms with Gasteiger partial charge in [-0.15, -0.1) is 10.2 Å².